The second-order valence-electron chi connectivity index (χ2n) is 9.39. The maximum atomic E-state index is 13.4. The molecule has 3 saturated heterocycles. The first kappa shape index (κ1) is 25.0. The predicted molar refractivity (Wildman–Crippen MR) is 140 cm³/mol. The molecule has 3 aliphatic rings. The van der Waals surface area contributed by atoms with Gasteiger partial charge in [-0.15, -0.1) is 0 Å². The highest BCUT2D eigenvalue weighted by Gasteiger charge is 2.51. The molecule has 1 atom stereocenters. The second-order valence-corrected chi connectivity index (χ2v) is 9.39. The van der Waals surface area contributed by atoms with Gasteiger partial charge in [-0.2, -0.15) is 0 Å². The number of imide groups is 1. The number of urea groups is 1. The van der Waals surface area contributed by atoms with Crippen molar-refractivity contribution in [2.24, 2.45) is 0 Å². The Hall–Kier alpha value is -3.63. The van der Waals surface area contributed by atoms with Crippen molar-refractivity contribution >= 4 is 34.9 Å². The first-order valence-electron chi connectivity index (χ1n) is 12.8. The Bertz CT molecular complexity index is 1150. The summed E-state index contributed by atoms with van der Waals surface area (Å²) >= 11 is 0. The third-order valence-electron chi connectivity index (χ3n) is 7.26. The molecule has 0 bridgehead atoms. The minimum Gasteiger partial charge on any atom is -0.378 e. The minimum atomic E-state index is -1.17. The lowest BCUT2D eigenvalue weighted by molar-refractivity contribution is -0.134. The molecule has 0 aliphatic carbocycles. The van der Waals surface area contributed by atoms with Crippen LogP contribution in [0.5, 0.6) is 0 Å². The number of hydrogen-bond acceptors (Lipinski definition) is 7. The summed E-state index contributed by atoms with van der Waals surface area (Å²) in [4.78, 5) is 44.9. The number of carbonyl (C=O) groups is 3. The lowest BCUT2D eigenvalue weighted by atomic mass is 9.87. The SMILES string of the molecule is CCC1(c2ccccc2)NC(=O)N(CC(=O)Nc2ccc(N3CCOCC3)cc2N2CCOCC2)C1=O. The molecular formula is C27H33N5O5. The van der Waals surface area contributed by atoms with Crippen molar-refractivity contribution < 1.29 is 23.9 Å². The van der Waals surface area contributed by atoms with Crippen LogP contribution >= 0.6 is 0 Å². The summed E-state index contributed by atoms with van der Waals surface area (Å²) in [5.41, 5.74) is 2.13. The van der Waals surface area contributed by atoms with Crippen molar-refractivity contribution in [3.63, 3.8) is 0 Å². The smallest absolute Gasteiger partial charge is 0.325 e. The van der Waals surface area contributed by atoms with E-state index in [-0.39, 0.29) is 6.54 Å². The third-order valence-corrected chi connectivity index (χ3v) is 7.26. The lowest BCUT2D eigenvalue weighted by Gasteiger charge is -2.33. The van der Waals surface area contributed by atoms with Crippen LogP contribution in [0.3, 0.4) is 0 Å². The van der Waals surface area contributed by atoms with Gasteiger partial charge in [0.2, 0.25) is 5.91 Å². The maximum Gasteiger partial charge on any atom is 0.325 e. The molecule has 0 saturated carbocycles. The van der Waals surface area contributed by atoms with Crippen LogP contribution in [0, 0.1) is 0 Å². The number of carbonyl (C=O) groups excluding carboxylic acids is 3. The van der Waals surface area contributed by atoms with Crippen LogP contribution in [0.2, 0.25) is 0 Å². The third kappa shape index (κ3) is 4.99. The Kier molecular flexibility index (Phi) is 7.29. The molecule has 10 nitrogen and oxygen atoms in total. The van der Waals surface area contributed by atoms with Crippen molar-refractivity contribution in [2.75, 3.05) is 74.3 Å². The van der Waals surface area contributed by atoms with Gasteiger partial charge in [0, 0.05) is 31.9 Å². The summed E-state index contributed by atoms with van der Waals surface area (Å²) in [5.74, 6) is -0.852. The quantitative estimate of drug-likeness (QED) is 0.554. The van der Waals surface area contributed by atoms with Crippen LogP contribution in [-0.4, -0.2) is 81.9 Å². The molecule has 0 aromatic heterocycles. The number of nitrogens with one attached hydrogen (secondary N) is 2. The Balaban J connectivity index is 1.35. The zero-order chi connectivity index (χ0) is 25.8. The van der Waals surface area contributed by atoms with Crippen LogP contribution in [0.1, 0.15) is 18.9 Å². The topological polar surface area (TPSA) is 103 Å². The zero-order valence-corrected chi connectivity index (χ0v) is 21.1. The molecule has 2 N–H and O–H groups in total. The van der Waals surface area contributed by atoms with Crippen LogP contribution in [-0.2, 0) is 24.6 Å². The van der Waals surface area contributed by atoms with Crippen molar-refractivity contribution in [2.45, 2.75) is 18.9 Å². The van der Waals surface area contributed by atoms with Gasteiger partial charge in [-0.3, -0.25) is 14.5 Å². The van der Waals surface area contributed by atoms with Gasteiger partial charge in [-0.1, -0.05) is 37.3 Å². The Labute approximate surface area is 216 Å². The summed E-state index contributed by atoms with van der Waals surface area (Å²) < 4.78 is 11.0. The average Bonchev–Trinajstić information content (AvgIpc) is 3.19. The summed E-state index contributed by atoms with van der Waals surface area (Å²) in [6.07, 6.45) is 0.379. The van der Waals surface area contributed by atoms with Crippen LogP contribution in [0.25, 0.3) is 0 Å². The van der Waals surface area contributed by atoms with E-state index in [2.05, 4.69) is 26.5 Å². The molecule has 3 heterocycles. The average molecular weight is 508 g/mol. The van der Waals surface area contributed by atoms with Crippen LogP contribution in [0.4, 0.5) is 21.9 Å². The highest BCUT2D eigenvalue weighted by Crippen LogP contribution is 2.34. The Morgan fingerprint density at radius 3 is 2.24 bits per heavy atom. The molecule has 2 aromatic carbocycles. The van der Waals surface area contributed by atoms with Gasteiger partial charge in [-0.25, -0.2) is 4.79 Å². The first-order valence-corrected chi connectivity index (χ1v) is 12.8. The minimum absolute atomic E-state index is 0.368. The molecule has 1 unspecified atom stereocenters. The highest BCUT2D eigenvalue weighted by atomic mass is 16.5. The zero-order valence-electron chi connectivity index (χ0n) is 21.1. The molecule has 37 heavy (non-hydrogen) atoms. The lowest BCUT2D eigenvalue weighted by Crippen LogP contribution is -2.44. The summed E-state index contributed by atoms with van der Waals surface area (Å²) in [6, 6.07) is 14.5. The van der Waals surface area contributed by atoms with E-state index < -0.39 is 23.4 Å². The highest BCUT2D eigenvalue weighted by molar-refractivity contribution is 6.10. The largest absolute Gasteiger partial charge is 0.378 e. The fourth-order valence-corrected chi connectivity index (χ4v) is 5.17. The molecule has 5 rings (SSSR count). The van der Waals surface area contributed by atoms with Gasteiger partial charge in [0.25, 0.3) is 5.91 Å². The van der Waals surface area contributed by atoms with E-state index in [9.17, 15) is 14.4 Å². The van der Waals surface area contributed by atoms with E-state index in [0.29, 0.717) is 57.2 Å². The summed E-state index contributed by atoms with van der Waals surface area (Å²) in [7, 11) is 0. The monoisotopic (exact) mass is 507 g/mol. The number of rotatable bonds is 7. The van der Waals surface area contributed by atoms with Crippen molar-refractivity contribution in [3.05, 3.63) is 54.1 Å². The first-order chi connectivity index (χ1) is 18.0. The molecule has 0 radical (unpaired) electrons. The predicted octanol–water partition coefficient (Wildman–Crippen LogP) is 2.16. The molecule has 3 fully saturated rings. The van der Waals surface area contributed by atoms with Crippen LogP contribution in [0.15, 0.2) is 48.5 Å². The molecular weight excluding hydrogens is 474 g/mol. The van der Waals surface area contributed by atoms with Crippen LogP contribution < -0.4 is 20.4 Å². The molecule has 4 amide bonds. The summed E-state index contributed by atoms with van der Waals surface area (Å²) in [5, 5.41) is 5.78. The van der Waals surface area contributed by atoms with Gasteiger partial charge in [0.05, 0.1) is 37.8 Å². The molecule has 0 spiro atoms. The number of anilines is 3. The molecule has 3 aliphatic heterocycles. The standard InChI is InChI=1S/C27H33N5O5/c1-2-27(20-6-4-3-5-7-20)25(34)32(26(35)29-27)19-24(33)28-22-9-8-21(30-10-14-36-15-11-30)18-23(22)31-12-16-37-17-13-31/h3-9,18H,2,10-17,19H2,1H3,(H,28,33)(H,29,35). The normalized spacial score (nSPS) is 22.2. The summed E-state index contributed by atoms with van der Waals surface area (Å²) in [6.45, 7) is 7.08. The maximum absolute atomic E-state index is 13.4. The number of morpholine rings is 2. The molecule has 196 valence electrons. The van der Waals surface area contributed by atoms with E-state index in [1.807, 2.05) is 49.4 Å². The number of benzene rings is 2. The Morgan fingerprint density at radius 1 is 0.946 bits per heavy atom. The van der Waals surface area contributed by atoms with E-state index in [1.54, 1.807) is 0 Å². The number of nitrogens with zero attached hydrogens (tertiary/aromatic N) is 3. The van der Waals surface area contributed by atoms with E-state index in [0.717, 1.165) is 29.4 Å². The van der Waals surface area contributed by atoms with Crippen molar-refractivity contribution in [1.29, 1.82) is 0 Å². The second kappa shape index (κ2) is 10.8. The van der Waals surface area contributed by atoms with E-state index >= 15 is 0 Å². The number of ether oxygens (including phenoxy) is 2. The number of hydrogen-bond donors (Lipinski definition) is 2. The molecule has 10 heteroatoms. The number of amides is 4. The van der Waals surface area contributed by atoms with E-state index in [1.165, 1.54) is 0 Å². The van der Waals surface area contributed by atoms with Gasteiger partial charge in [0.1, 0.15) is 12.1 Å². The van der Waals surface area contributed by atoms with Gasteiger partial charge < -0.3 is 29.9 Å². The Morgan fingerprint density at radius 2 is 1.59 bits per heavy atom. The van der Waals surface area contributed by atoms with E-state index in [4.69, 9.17) is 9.47 Å². The van der Waals surface area contributed by atoms with Gasteiger partial charge in [0.15, 0.2) is 0 Å². The fraction of sp³-hybridized carbons (Fsp3) is 0.444. The van der Waals surface area contributed by atoms with Gasteiger partial charge >= 0.3 is 6.03 Å². The fourth-order valence-electron chi connectivity index (χ4n) is 5.17. The van der Waals surface area contributed by atoms with Crippen molar-refractivity contribution in [1.82, 2.24) is 10.2 Å². The molecule has 2 aromatic rings. The van der Waals surface area contributed by atoms with Crippen molar-refractivity contribution in [3.8, 4) is 0 Å². The van der Waals surface area contributed by atoms with Gasteiger partial charge in [-0.05, 0) is 30.2 Å².